The van der Waals surface area contributed by atoms with Crippen molar-refractivity contribution >= 4 is 10.0 Å². The summed E-state index contributed by atoms with van der Waals surface area (Å²) in [5, 5.41) is 3.24. The fourth-order valence-electron chi connectivity index (χ4n) is 2.19. The molecule has 1 rings (SSSR count). The number of rotatable bonds is 8. The number of nitrogens with two attached hydrogens (primary N) is 1. The number of ether oxygens (including phenoxy) is 1. The molecule has 0 radical (unpaired) electrons. The summed E-state index contributed by atoms with van der Waals surface area (Å²) in [5.74, 6) is 0.203. The van der Waals surface area contributed by atoms with E-state index in [2.05, 4.69) is 5.32 Å². The van der Waals surface area contributed by atoms with Crippen LogP contribution in [0, 0.1) is 0 Å². The molecule has 0 saturated carbocycles. The van der Waals surface area contributed by atoms with Gasteiger partial charge in [0.2, 0.25) is 10.0 Å². The molecule has 0 spiro atoms. The fourth-order valence-corrected chi connectivity index (χ4v) is 3.73. The molecule has 1 aliphatic rings. The lowest BCUT2D eigenvalue weighted by Crippen LogP contribution is -2.44. The molecule has 0 aromatic rings. The van der Waals surface area contributed by atoms with Crippen molar-refractivity contribution in [3.05, 3.63) is 0 Å². The molecule has 1 aliphatic heterocycles. The second-order valence-electron chi connectivity index (χ2n) is 5.22. The molecular formula is C12H27N3O3S. The summed E-state index contributed by atoms with van der Waals surface area (Å²) in [6.07, 6.45) is 2.16. The van der Waals surface area contributed by atoms with Gasteiger partial charge in [-0.25, -0.2) is 12.7 Å². The van der Waals surface area contributed by atoms with Gasteiger partial charge in [-0.1, -0.05) is 0 Å². The van der Waals surface area contributed by atoms with E-state index in [-0.39, 0.29) is 17.8 Å². The Hall–Kier alpha value is -0.210. The number of nitrogens with zero attached hydrogens (tertiary/aromatic N) is 1. The molecule has 0 amide bonds. The standard InChI is InChI=1S/C12H27N3O3S/c1-11(10-18-2)14-6-3-9-19(16,17)15-7-4-12(13)5-8-15/h11-12,14H,3-10,13H2,1-2H3. The van der Waals surface area contributed by atoms with E-state index in [0.29, 0.717) is 32.7 Å². The molecule has 1 saturated heterocycles. The molecule has 1 unspecified atom stereocenters. The maximum atomic E-state index is 12.1. The Morgan fingerprint density at radius 3 is 2.63 bits per heavy atom. The van der Waals surface area contributed by atoms with Crippen LogP contribution in [0.15, 0.2) is 0 Å². The van der Waals surface area contributed by atoms with Gasteiger partial charge in [0, 0.05) is 32.3 Å². The van der Waals surface area contributed by atoms with E-state index in [9.17, 15) is 8.42 Å². The smallest absolute Gasteiger partial charge is 0.214 e. The van der Waals surface area contributed by atoms with Crippen molar-refractivity contribution in [3.63, 3.8) is 0 Å². The van der Waals surface area contributed by atoms with Gasteiger partial charge in [0.1, 0.15) is 0 Å². The predicted octanol–water partition coefficient (Wildman–Crippen LogP) is -0.246. The van der Waals surface area contributed by atoms with E-state index < -0.39 is 10.0 Å². The quantitative estimate of drug-likeness (QED) is 0.603. The summed E-state index contributed by atoms with van der Waals surface area (Å²) < 4.78 is 30.8. The Morgan fingerprint density at radius 1 is 1.42 bits per heavy atom. The van der Waals surface area contributed by atoms with Gasteiger partial charge in [-0.2, -0.15) is 0 Å². The molecule has 3 N–H and O–H groups in total. The van der Waals surface area contributed by atoms with Crippen LogP contribution in [0.1, 0.15) is 26.2 Å². The summed E-state index contributed by atoms with van der Waals surface area (Å²) in [6.45, 7) is 4.48. The van der Waals surface area contributed by atoms with E-state index in [1.54, 1.807) is 11.4 Å². The highest BCUT2D eigenvalue weighted by molar-refractivity contribution is 7.89. The maximum Gasteiger partial charge on any atom is 0.214 e. The van der Waals surface area contributed by atoms with Gasteiger partial charge in [-0.3, -0.25) is 0 Å². The fraction of sp³-hybridized carbons (Fsp3) is 1.00. The monoisotopic (exact) mass is 293 g/mol. The summed E-state index contributed by atoms with van der Waals surface area (Å²) in [4.78, 5) is 0. The molecule has 0 aromatic heterocycles. The van der Waals surface area contributed by atoms with E-state index in [1.165, 1.54) is 0 Å². The van der Waals surface area contributed by atoms with Crippen LogP contribution >= 0.6 is 0 Å². The summed E-state index contributed by atoms with van der Waals surface area (Å²) in [5.41, 5.74) is 5.78. The van der Waals surface area contributed by atoms with Crippen LogP contribution in [0.2, 0.25) is 0 Å². The molecule has 0 aromatic carbocycles. The Kier molecular flexibility index (Phi) is 7.23. The molecule has 1 atom stereocenters. The summed E-state index contributed by atoms with van der Waals surface area (Å²) in [7, 11) is -1.45. The molecule has 114 valence electrons. The van der Waals surface area contributed by atoms with Crippen LogP contribution in [0.3, 0.4) is 0 Å². The SMILES string of the molecule is COCC(C)NCCCS(=O)(=O)N1CCC(N)CC1. The average molecular weight is 293 g/mol. The average Bonchev–Trinajstić information content (AvgIpc) is 2.36. The highest BCUT2D eigenvalue weighted by Crippen LogP contribution is 2.13. The topological polar surface area (TPSA) is 84.7 Å². The van der Waals surface area contributed by atoms with Crippen LogP contribution in [-0.2, 0) is 14.8 Å². The van der Waals surface area contributed by atoms with Gasteiger partial charge in [0.05, 0.1) is 12.4 Å². The van der Waals surface area contributed by atoms with Gasteiger partial charge in [-0.05, 0) is 32.7 Å². The molecular weight excluding hydrogens is 266 g/mol. The Bertz CT molecular complexity index is 340. The maximum absolute atomic E-state index is 12.1. The van der Waals surface area contributed by atoms with Crippen LogP contribution in [-0.4, -0.2) is 63.9 Å². The van der Waals surface area contributed by atoms with E-state index in [0.717, 1.165) is 12.8 Å². The Labute approximate surface area is 116 Å². The minimum Gasteiger partial charge on any atom is -0.383 e. The second-order valence-corrected chi connectivity index (χ2v) is 7.31. The van der Waals surface area contributed by atoms with Crippen molar-refractivity contribution in [2.24, 2.45) is 5.73 Å². The van der Waals surface area contributed by atoms with Crippen molar-refractivity contribution in [3.8, 4) is 0 Å². The first kappa shape index (κ1) is 16.8. The lowest BCUT2D eigenvalue weighted by Gasteiger charge is -2.29. The zero-order valence-electron chi connectivity index (χ0n) is 12.0. The largest absolute Gasteiger partial charge is 0.383 e. The van der Waals surface area contributed by atoms with Gasteiger partial charge >= 0.3 is 0 Å². The number of piperidine rings is 1. The van der Waals surface area contributed by atoms with E-state index in [4.69, 9.17) is 10.5 Å². The van der Waals surface area contributed by atoms with Gasteiger partial charge in [0.15, 0.2) is 0 Å². The third-order valence-corrected chi connectivity index (χ3v) is 5.34. The van der Waals surface area contributed by atoms with E-state index in [1.807, 2.05) is 6.92 Å². The third-order valence-electron chi connectivity index (χ3n) is 3.38. The Balaban J connectivity index is 2.23. The molecule has 1 heterocycles. The first-order valence-electron chi connectivity index (χ1n) is 6.91. The summed E-state index contributed by atoms with van der Waals surface area (Å²) >= 11 is 0. The number of hydrogen-bond acceptors (Lipinski definition) is 5. The molecule has 1 fully saturated rings. The molecule has 6 nitrogen and oxygen atoms in total. The van der Waals surface area contributed by atoms with Crippen molar-refractivity contribution in [1.29, 1.82) is 0 Å². The zero-order valence-corrected chi connectivity index (χ0v) is 12.8. The van der Waals surface area contributed by atoms with Crippen molar-refractivity contribution in [2.75, 3.05) is 39.1 Å². The molecule has 0 aliphatic carbocycles. The molecule has 0 bridgehead atoms. The third kappa shape index (κ3) is 6.18. The predicted molar refractivity (Wildman–Crippen MR) is 76.5 cm³/mol. The second kappa shape index (κ2) is 8.16. The Morgan fingerprint density at radius 2 is 2.05 bits per heavy atom. The van der Waals surface area contributed by atoms with Crippen LogP contribution < -0.4 is 11.1 Å². The lowest BCUT2D eigenvalue weighted by atomic mass is 10.1. The highest BCUT2D eigenvalue weighted by atomic mass is 32.2. The van der Waals surface area contributed by atoms with Crippen molar-refractivity contribution in [2.45, 2.75) is 38.3 Å². The van der Waals surface area contributed by atoms with Crippen molar-refractivity contribution in [1.82, 2.24) is 9.62 Å². The normalized spacial score (nSPS) is 20.6. The van der Waals surface area contributed by atoms with Gasteiger partial charge in [0.25, 0.3) is 0 Å². The number of methoxy groups -OCH3 is 1. The van der Waals surface area contributed by atoms with Gasteiger partial charge in [-0.15, -0.1) is 0 Å². The number of nitrogens with one attached hydrogen (secondary N) is 1. The first-order chi connectivity index (χ1) is 8.95. The lowest BCUT2D eigenvalue weighted by molar-refractivity contribution is 0.172. The minimum atomic E-state index is -3.11. The highest BCUT2D eigenvalue weighted by Gasteiger charge is 2.25. The van der Waals surface area contributed by atoms with Crippen LogP contribution in [0.4, 0.5) is 0 Å². The van der Waals surface area contributed by atoms with Crippen molar-refractivity contribution < 1.29 is 13.2 Å². The zero-order chi connectivity index (χ0) is 14.3. The van der Waals surface area contributed by atoms with Crippen LogP contribution in [0.25, 0.3) is 0 Å². The molecule has 7 heteroatoms. The number of hydrogen-bond donors (Lipinski definition) is 2. The van der Waals surface area contributed by atoms with Crippen LogP contribution in [0.5, 0.6) is 0 Å². The minimum absolute atomic E-state index is 0.156. The first-order valence-corrected chi connectivity index (χ1v) is 8.52. The van der Waals surface area contributed by atoms with Gasteiger partial charge < -0.3 is 15.8 Å². The van der Waals surface area contributed by atoms with E-state index >= 15 is 0 Å². The number of sulfonamides is 1. The summed E-state index contributed by atoms with van der Waals surface area (Å²) in [6, 6.07) is 0.406. The molecule has 19 heavy (non-hydrogen) atoms.